The van der Waals surface area contributed by atoms with Crippen molar-refractivity contribution in [2.24, 2.45) is 0 Å². The molecule has 1 fully saturated rings. The lowest BCUT2D eigenvalue weighted by atomic mass is 10.1. The quantitative estimate of drug-likeness (QED) is 0.932. The molecule has 94 valence electrons. The van der Waals surface area contributed by atoms with Crippen LogP contribution in [-0.2, 0) is 4.74 Å². The largest absolute Gasteiger partial charge is 0.490 e. The van der Waals surface area contributed by atoms with Gasteiger partial charge in [-0.1, -0.05) is 22.0 Å². The zero-order valence-electron chi connectivity index (χ0n) is 9.86. The van der Waals surface area contributed by atoms with Crippen molar-refractivity contribution >= 4 is 15.9 Å². The summed E-state index contributed by atoms with van der Waals surface area (Å²) in [7, 11) is 0. The minimum Gasteiger partial charge on any atom is -0.490 e. The van der Waals surface area contributed by atoms with Crippen LogP contribution in [0.4, 0.5) is 0 Å². The molecule has 0 aromatic heterocycles. The highest BCUT2D eigenvalue weighted by Crippen LogP contribution is 2.30. The van der Waals surface area contributed by atoms with E-state index in [0.717, 1.165) is 41.8 Å². The van der Waals surface area contributed by atoms with Gasteiger partial charge in [-0.25, -0.2) is 0 Å². The Balaban J connectivity index is 2.14. The van der Waals surface area contributed by atoms with Crippen molar-refractivity contribution in [3.8, 4) is 5.75 Å². The Bertz CT molecular complexity index is 373. The molecule has 0 unspecified atom stereocenters. The van der Waals surface area contributed by atoms with Crippen molar-refractivity contribution < 1.29 is 14.6 Å². The fraction of sp³-hybridized carbons (Fsp3) is 0.538. The first kappa shape index (κ1) is 12.9. The highest BCUT2D eigenvalue weighted by Gasteiger charge is 2.18. The molecular formula is C13H17BrO3. The van der Waals surface area contributed by atoms with E-state index in [1.165, 1.54) is 0 Å². The Morgan fingerprint density at radius 3 is 2.76 bits per heavy atom. The summed E-state index contributed by atoms with van der Waals surface area (Å²) in [6.07, 6.45) is 1.49. The molecule has 17 heavy (non-hydrogen) atoms. The number of ether oxygens (including phenoxy) is 2. The third-order valence-electron chi connectivity index (χ3n) is 2.89. The minimum atomic E-state index is -0.516. The fourth-order valence-corrected chi connectivity index (χ4v) is 2.27. The monoisotopic (exact) mass is 300 g/mol. The number of aliphatic hydroxyl groups excluding tert-OH is 1. The summed E-state index contributed by atoms with van der Waals surface area (Å²) in [5, 5.41) is 9.70. The summed E-state index contributed by atoms with van der Waals surface area (Å²) in [6, 6.07) is 5.72. The van der Waals surface area contributed by atoms with Gasteiger partial charge in [-0.3, -0.25) is 0 Å². The Hall–Kier alpha value is -0.580. The third kappa shape index (κ3) is 3.44. The van der Waals surface area contributed by atoms with Crippen molar-refractivity contribution in [3.63, 3.8) is 0 Å². The standard InChI is InChI=1S/C13H17BrO3/c1-9(15)12-3-2-10(14)8-13(12)17-11-4-6-16-7-5-11/h2-3,8-9,11,15H,4-7H2,1H3/t9-/m1/s1. The van der Waals surface area contributed by atoms with Crippen molar-refractivity contribution in [2.45, 2.75) is 32.0 Å². The summed E-state index contributed by atoms with van der Waals surface area (Å²) in [4.78, 5) is 0. The smallest absolute Gasteiger partial charge is 0.126 e. The molecule has 4 heteroatoms. The van der Waals surface area contributed by atoms with Gasteiger partial charge in [-0.05, 0) is 19.1 Å². The van der Waals surface area contributed by atoms with Crippen LogP contribution in [-0.4, -0.2) is 24.4 Å². The Morgan fingerprint density at radius 2 is 2.12 bits per heavy atom. The van der Waals surface area contributed by atoms with Gasteiger partial charge in [0.05, 0.1) is 19.3 Å². The number of aliphatic hydroxyl groups is 1. The molecule has 0 aliphatic carbocycles. The van der Waals surface area contributed by atoms with E-state index >= 15 is 0 Å². The van der Waals surface area contributed by atoms with Crippen LogP contribution in [0, 0.1) is 0 Å². The SMILES string of the molecule is C[C@@H](O)c1ccc(Br)cc1OC1CCOCC1. The lowest BCUT2D eigenvalue weighted by Crippen LogP contribution is -2.26. The molecule has 1 aromatic rings. The van der Waals surface area contributed by atoms with E-state index < -0.39 is 6.10 Å². The van der Waals surface area contributed by atoms with Gasteiger partial charge in [0.1, 0.15) is 11.9 Å². The topological polar surface area (TPSA) is 38.7 Å². The fourth-order valence-electron chi connectivity index (χ4n) is 1.93. The van der Waals surface area contributed by atoms with E-state index in [4.69, 9.17) is 9.47 Å². The molecule has 0 spiro atoms. The van der Waals surface area contributed by atoms with Crippen LogP contribution in [0.3, 0.4) is 0 Å². The first-order valence-electron chi connectivity index (χ1n) is 5.88. The van der Waals surface area contributed by atoms with E-state index in [2.05, 4.69) is 15.9 Å². The van der Waals surface area contributed by atoms with E-state index in [-0.39, 0.29) is 6.10 Å². The highest BCUT2D eigenvalue weighted by atomic mass is 79.9. The zero-order valence-corrected chi connectivity index (χ0v) is 11.4. The van der Waals surface area contributed by atoms with Gasteiger partial charge in [0.25, 0.3) is 0 Å². The van der Waals surface area contributed by atoms with Crippen molar-refractivity contribution in [2.75, 3.05) is 13.2 Å². The van der Waals surface area contributed by atoms with E-state index in [1.807, 2.05) is 18.2 Å². The summed E-state index contributed by atoms with van der Waals surface area (Å²) in [5.41, 5.74) is 0.833. The molecule has 0 radical (unpaired) electrons. The van der Waals surface area contributed by atoms with Crippen molar-refractivity contribution in [1.29, 1.82) is 0 Å². The molecule has 1 aliphatic rings. The van der Waals surface area contributed by atoms with Gasteiger partial charge < -0.3 is 14.6 Å². The lowest BCUT2D eigenvalue weighted by molar-refractivity contribution is 0.0242. The van der Waals surface area contributed by atoms with Gasteiger partial charge in [-0.2, -0.15) is 0 Å². The maximum Gasteiger partial charge on any atom is 0.126 e. The Kier molecular flexibility index (Phi) is 4.42. The molecule has 1 saturated heterocycles. The van der Waals surface area contributed by atoms with Crippen LogP contribution < -0.4 is 4.74 Å². The second-order valence-electron chi connectivity index (χ2n) is 4.29. The number of halogens is 1. The van der Waals surface area contributed by atoms with Gasteiger partial charge >= 0.3 is 0 Å². The number of benzene rings is 1. The number of rotatable bonds is 3. The molecule has 1 aromatic carbocycles. The predicted octanol–water partition coefficient (Wildman–Crippen LogP) is 3.06. The first-order chi connectivity index (χ1) is 8.16. The first-order valence-corrected chi connectivity index (χ1v) is 6.68. The van der Waals surface area contributed by atoms with Crippen LogP contribution in [0.15, 0.2) is 22.7 Å². The molecule has 1 aliphatic heterocycles. The molecule has 0 amide bonds. The van der Waals surface area contributed by atoms with Gasteiger partial charge in [0.15, 0.2) is 0 Å². The van der Waals surface area contributed by atoms with Crippen LogP contribution in [0.5, 0.6) is 5.75 Å². The minimum absolute atomic E-state index is 0.190. The summed E-state index contributed by atoms with van der Waals surface area (Å²) < 4.78 is 12.2. The van der Waals surface area contributed by atoms with Crippen LogP contribution in [0.2, 0.25) is 0 Å². The van der Waals surface area contributed by atoms with Crippen molar-refractivity contribution in [1.82, 2.24) is 0 Å². The van der Waals surface area contributed by atoms with Gasteiger partial charge in [-0.15, -0.1) is 0 Å². The second-order valence-corrected chi connectivity index (χ2v) is 5.20. The molecule has 0 bridgehead atoms. The predicted molar refractivity (Wildman–Crippen MR) is 69.2 cm³/mol. The van der Waals surface area contributed by atoms with E-state index in [1.54, 1.807) is 6.92 Å². The molecule has 2 rings (SSSR count). The maximum atomic E-state index is 9.70. The average Bonchev–Trinajstić information content (AvgIpc) is 2.30. The molecular weight excluding hydrogens is 284 g/mol. The lowest BCUT2D eigenvalue weighted by Gasteiger charge is -2.25. The summed E-state index contributed by atoms with van der Waals surface area (Å²) >= 11 is 3.42. The number of hydrogen-bond acceptors (Lipinski definition) is 3. The Morgan fingerprint density at radius 1 is 1.41 bits per heavy atom. The molecule has 0 saturated carbocycles. The van der Waals surface area contributed by atoms with Gasteiger partial charge in [0, 0.05) is 22.9 Å². The highest BCUT2D eigenvalue weighted by molar-refractivity contribution is 9.10. The average molecular weight is 301 g/mol. The number of hydrogen-bond donors (Lipinski definition) is 1. The van der Waals surface area contributed by atoms with Crippen LogP contribution >= 0.6 is 15.9 Å². The maximum absolute atomic E-state index is 9.70. The molecule has 1 heterocycles. The van der Waals surface area contributed by atoms with Crippen LogP contribution in [0.25, 0.3) is 0 Å². The Labute approximate surface area is 110 Å². The van der Waals surface area contributed by atoms with Crippen LogP contribution in [0.1, 0.15) is 31.4 Å². The summed E-state index contributed by atoms with van der Waals surface area (Å²) in [6.45, 7) is 3.26. The van der Waals surface area contributed by atoms with Gasteiger partial charge in [0.2, 0.25) is 0 Å². The molecule has 1 N–H and O–H groups in total. The summed E-state index contributed by atoms with van der Waals surface area (Å²) in [5.74, 6) is 0.765. The molecule has 3 nitrogen and oxygen atoms in total. The van der Waals surface area contributed by atoms with Crippen molar-refractivity contribution in [3.05, 3.63) is 28.2 Å². The normalized spacial score (nSPS) is 19.0. The zero-order chi connectivity index (χ0) is 12.3. The van der Waals surface area contributed by atoms with E-state index in [0.29, 0.717) is 0 Å². The second kappa shape index (κ2) is 5.85. The van der Waals surface area contributed by atoms with E-state index in [9.17, 15) is 5.11 Å². The third-order valence-corrected chi connectivity index (χ3v) is 3.38. The molecule has 1 atom stereocenters.